The van der Waals surface area contributed by atoms with E-state index >= 15 is 0 Å². The lowest BCUT2D eigenvalue weighted by molar-refractivity contribution is 0.676. The maximum absolute atomic E-state index is 11.5. The molecule has 0 saturated carbocycles. The number of pyridine rings is 1. The molecule has 0 aliphatic rings. The molecule has 0 aromatic carbocycles. The van der Waals surface area contributed by atoms with Crippen molar-refractivity contribution in [2.75, 3.05) is 0 Å². The van der Waals surface area contributed by atoms with Crippen molar-refractivity contribution in [2.24, 2.45) is 0 Å². The van der Waals surface area contributed by atoms with E-state index in [0.717, 1.165) is 5.56 Å². The lowest BCUT2D eigenvalue weighted by atomic mass is 10.2. The molecule has 14 heavy (non-hydrogen) atoms. The Balaban J connectivity index is 2.78. The van der Waals surface area contributed by atoms with E-state index in [-0.39, 0.29) is 5.25 Å². The van der Waals surface area contributed by atoms with Crippen molar-refractivity contribution in [1.82, 2.24) is 4.98 Å². The minimum absolute atomic E-state index is 0.147. The molecule has 1 aromatic heterocycles. The molecular weight excluding hydrogens is 196 g/mol. The summed E-state index contributed by atoms with van der Waals surface area (Å²) in [6, 6.07) is 5.43. The van der Waals surface area contributed by atoms with Gasteiger partial charge in [0, 0.05) is 28.0 Å². The average molecular weight is 208 g/mol. The van der Waals surface area contributed by atoms with E-state index in [1.807, 2.05) is 19.9 Å². The largest absolute Gasteiger partial charge is 0.259 e. The molecule has 3 nitrogen and oxygen atoms in total. The number of nitriles is 1. The molecule has 1 atom stereocenters. The van der Waals surface area contributed by atoms with Crippen LogP contribution in [0.3, 0.4) is 0 Å². The molecule has 1 rings (SSSR count). The summed E-state index contributed by atoms with van der Waals surface area (Å²) in [5, 5.41) is 8.76. The summed E-state index contributed by atoms with van der Waals surface area (Å²) >= 11 is 0. The van der Waals surface area contributed by atoms with E-state index in [0.29, 0.717) is 11.4 Å². The second-order valence-corrected chi connectivity index (χ2v) is 5.23. The lowest BCUT2D eigenvalue weighted by Crippen LogP contribution is -2.08. The van der Waals surface area contributed by atoms with Crippen LogP contribution >= 0.6 is 0 Å². The quantitative estimate of drug-likeness (QED) is 0.758. The van der Waals surface area contributed by atoms with Crippen LogP contribution in [0.2, 0.25) is 0 Å². The number of rotatable bonds is 3. The van der Waals surface area contributed by atoms with Gasteiger partial charge in [0.25, 0.3) is 0 Å². The lowest BCUT2D eigenvalue weighted by Gasteiger charge is -2.04. The summed E-state index contributed by atoms with van der Waals surface area (Å²) in [5.74, 6) is 0.495. The second-order valence-electron chi connectivity index (χ2n) is 3.23. The number of hydrogen-bond acceptors (Lipinski definition) is 3. The Kier molecular flexibility index (Phi) is 3.78. The molecule has 0 aliphatic heterocycles. The SMILES string of the molecule is CC(C)S(=O)Cc1ccnc(C#N)c1. The van der Waals surface area contributed by atoms with Gasteiger partial charge in [0.05, 0.1) is 0 Å². The van der Waals surface area contributed by atoms with Crippen molar-refractivity contribution in [2.45, 2.75) is 24.9 Å². The third-order valence-electron chi connectivity index (χ3n) is 1.77. The Bertz CT molecular complexity index is 382. The van der Waals surface area contributed by atoms with E-state index in [1.54, 1.807) is 18.3 Å². The van der Waals surface area contributed by atoms with E-state index in [2.05, 4.69) is 4.98 Å². The van der Waals surface area contributed by atoms with Crippen molar-refractivity contribution in [1.29, 1.82) is 5.26 Å². The summed E-state index contributed by atoms with van der Waals surface area (Å²) in [4.78, 5) is 3.85. The monoisotopic (exact) mass is 208 g/mol. The standard InChI is InChI=1S/C10H12N2OS/c1-8(2)14(13)7-9-3-4-12-10(5-9)6-11/h3-5,8H,7H2,1-2H3. The first-order valence-corrected chi connectivity index (χ1v) is 5.74. The topological polar surface area (TPSA) is 53.8 Å². The van der Waals surface area contributed by atoms with Gasteiger partial charge >= 0.3 is 0 Å². The van der Waals surface area contributed by atoms with Gasteiger partial charge in [-0.1, -0.05) is 13.8 Å². The predicted octanol–water partition coefficient (Wildman–Crippen LogP) is 1.61. The summed E-state index contributed by atoms with van der Waals surface area (Å²) in [6.45, 7) is 3.84. The molecular formula is C10H12N2OS. The fourth-order valence-electron chi connectivity index (χ4n) is 0.956. The molecule has 1 unspecified atom stereocenters. The van der Waals surface area contributed by atoms with E-state index in [9.17, 15) is 4.21 Å². The molecule has 0 amide bonds. The zero-order valence-corrected chi connectivity index (χ0v) is 9.04. The zero-order valence-electron chi connectivity index (χ0n) is 8.23. The Labute approximate surface area is 86.2 Å². The van der Waals surface area contributed by atoms with Crippen LogP contribution in [0.25, 0.3) is 0 Å². The van der Waals surface area contributed by atoms with Gasteiger partial charge in [0.1, 0.15) is 11.8 Å². The molecule has 4 heteroatoms. The summed E-state index contributed by atoms with van der Waals surface area (Å²) in [6.07, 6.45) is 1.57. The number of hydrogen-bond donors (Lipinski definition) is 0. The highest BCUT2D eigenvalue weighted by Gasteiger charge is 2.06. The third-order valence-corrected chi connectivity index (χ3v) is 3.44. The summed E-state index contributed by atoms with van der Waals surface area (Å²) < 4.78 is 11.5. The van der Waals surface area contributed by atoms with E-state index < -0.39 is 10.8 Å². The van der Waals surface area contributed by atoms with Crippen LogP contribution in [-0.2, 0) is 16.6 Å². The Morgan fingerprint density at radius 1 is 1.64 bits per heavy atom. The van der Waals surface area contributed by atoms with Crippen LogP contribution in [0, 0.1) is 11.3 Å². The summed E-state index contributed by atoms with van der Waals surface area (Å²) in [7, 11) is -0.870. The van der Waals surface area contributed by atoms with Crippen molar-refractivity contribution >= 4 is 10.8 Å². The maximum Gasteiger partial charge on any atom is 0.140 e. The van der Waals surface area contributed by atoms with Gasteiger partial charge in [-0.25, -0.2) is 4.98 Å². The van der Waals surface area contributed by atoms with Gasteiger partial charge in [-0.05, 0) is 17.7 Å². The number of aromatic nitrogens is 1. The average Bonchev–Trinajstić information content (AvgIpc) is 2.18. The van der Waals surface area contributed by atoms with Crippen LogP contribution in [-0.4, -0.2) is 14.4 Å². The molecule has 0 N–H and O–H groups in total. The van der Waals surface area contributed by atoms with Gasteiger partial charge < -0.3 is 0 Å². The van der Waals surface area contributed by atoms with Crippen molar-refractivity contribution in [3.8, 4) is 6.07 Å². The molecule has 74 valence electrons. The van der Waals surface area contributed by atoms with Gasteiger partial charge in [0.15, 0.2) is 0 Å². The Morgan fingerprint density at radius 2 is 2.36 bits per heavy atom. The minimum Gasteiger partial charge on any atom is -0.259 e. The number of nitrogens with zero attached hydrogens (tertiary/aromatic N) is 2. The fraction of sp³-hybridized carbons (Fsp3) is 0.400. The molecule has 1 aromatic rings. The van der Waals surface area contributed by atoms with Crippen LogP contribution in [0.5, 0.6) is 0 Å². The first kappa shape index (κ1) is 10.9. The molecule has 0 radical (unpaired) electrons. The molecule has 1 heterocycles. The molecule has 0 aliphatic carbocycles. The van der Waals surface area contributed by atoms with Crippen LogP contribution in [0.1, 0.15) is 25.1 Å². The molecule has 0 saturated heterocycles. The van der Waals surface area contributed by atoms with Crippen molar-refractivity contribution < 1.29 is 4.21 Å². The van der Waals surface area contributed by atoms with Gasteiger partial charge in [0.2, 0.25) is 0 Å². The van der Waals surface area contributed by atoms with Gasteiger partial charge in [-0.2, -0.15) is 5.26 Å². The summed E-state index contributed by atoms with van der Waals surface area (Å²) in [5.41, 5.74) is 1.28. The maximum atomic E-state index is 11.5. The first-order chi connectivity index (χ1) is 6.63. The zero-order chi connectivity index (χ0) is 10.6. The normalized spacial score (nSPS) is 12.4. The van der Waals surface area contributed by atoms with Gasteiger partial charge in [-0.15, -0.1) is 0 Å². The minimum atomic E-state index is -0.870. The van der Waals surface area contributed by atoms with Crippen LogP contribution < -0.4 is 0 Å². The first-order valence-electron chi connectivity index (χ1n) is 4.35. The van der Waals surface area contributed by atoms with E-state index in [1.165, 1.54) is 0 Å². The highest BCUT2D eigenvalue weighted by Crippen LogP contribution is 2.07. The molecule has 0 spiro atoms. The molecule has 0 fully saturated rings. The fourth-order valence-corrected chi connectivity index (χ4v) is 1.80. The Morgan fingerprint density at radius 3 is 2.93 bits per heavy atom. The highest BCUT2D eigenvalue weighted by atomic mass is 32.2. The van der Waals surface area contributed by atoms with Crippen LogP contribution in [0.4, 0.5) is 0 Å². The Hall–Kier alpha value is -1.21. The van der Waals surface area contributed by atoms with Crippen LogP contribution in [0.15, 0.2) is 18.3 Å². The second kappa shape index (κ2) is 4.87. The smallest absolute Gasteiger partial charge is 0.140 e. The third kappa shape index (κ3) is 2.93. The van der Waals surface area contributed by atoms with Crippen molar-refractivity contribution in [3.05, 3.63) is 29.6 Å². The van der Waals surface area contributed by atoms with Crippen molar-refractivity contribution in [3.63, 3.8) is 0 Å². The predicted molar refractivity (Wildman–Crippen MR) is 55.9 cm³/mol. The van der Waals surface area contributed by atoms with E-state index in [4.69, 9.17) is 5.26 Å². The van der Waals surface area contributed by atoms with Gasteiger partial charge in [-0.3, -0.25) is 4.21 Å². The highest BCUT2D eigenvalue weighted by molar-refractivity contribution is 7.84. The molecule has 0 bridgehead atoms.